The van der Waals surface area contributed by atoms with Crippen molar-refractivity contribution in [3.63, 3.8) is 0 Å². The molecule has 0 amide bonds. The van der Waals surface area contributed by atoms with Gasteiger partial charge in [-0.1, -0.05) is 25.0 Å². The summed E-state index contributed by atoms with van der Waals surface area (Å²) >= 11 is 6.24. The summed E-state index contributed by atoms with van der Waals surface area (Å²) in [5.41, 5.74) is 3.82. The Hall–Kier alpha value is -2.22. The third-order valence-corrected chi connectivity index (χ3v) is 6.01. The summed E-state index contributed by atoms with van der Waals surface area (Å²) in [5, 5.41) is 3.62. The molecular formula is C21H25ClN6O. The molecule has 3 aromatic rings. The van der Waals surface area contributed by atoms with Gasteiger partial charge in [0, 0.05) is 31.4 Å². The first-order valence-corrected chi connectivity index (χ1v) is 10.7. The number of rotatable bonds is 5. The second-order valence-electron chi connectivity index (χ2n) is 7.81. The van der Waals surface area contributed by atoms with Crippen molar-refractivity contribution in [1.82, 2.24) is 24.4 Å². The number of aromatic nitrogens is 4. The third-order valence-electron chi connectivity index (χ3n) is 5.84. The van der Waals surface area contributed by atoms with E-state index >= 15 is 0 Å². The molecule has 1 aliphatic carbocycles. The molecule has 1 saturated carbocycles. The molecule has 0 spiro atoms. The van der Waals surface area contributed by atoms with Gasteiger partial charge < -0.3 is 14.6 Å². The quantitative estimate of drug-likeness (QED) is 0.634. The van der Waals surface area contributed by atoms with Gasteiger partial charge in [-0.15, -0.1) is 0 Å². The fourth-order valence-electron chi connectivity index (χ4n) is 4.27. The Kier molecular flexibility index (Phi) is 5.35. The summed E-state index contributed by atoms with van der Waals surface area (Å²) in [6, 6.07) is 8.90. The van der Waals surface area contributed by atoms with Crippen LogP contribution >= 0.6 is 11.6 Å². The second-order valence-corrected chi connectivity index (χ2v) is 8.15. The van der Waals surface area contributed by atoms with Crippen molar-refractivity contribution in [1.29, 1.82) is 0 Å². The van der Waals surface area contributed by atoms with Gasteiger partial charge in [-0.2, -0.15) is 9.97 Å². The number of hydrogen-bond acceptors (Lipinski definition) is 6. The fraction of sp³-hybridized carbons (Fsp3) is 0.476. The van der Waals surface area contributed by atoms with E-state index in [1.54, 1.807) is 0 Å². The van der Waals surface area contributed by atoms with Crippen molar-refractivity contribution < 1.29 is 4.74 Å². The van der Waals surface area contributed by atoms with Crippen LogP contribution in [0.4, 0.5) is 11.5 Å². The van der Waals surface area contributed by atoms with Gasteiger partial charge in [0.15, 0.2) is 17.0 Å². The minimum Gasteiger partial charge on any atom is -0.379 e. The van der Waals surface area contributed by atoms with Crippen molar-refractivity contribution in [3.8, 4) is 0 Å². The maximum Gasteiger partial charge on any atom is 0.226 e. The van der Waals surface area contributed by atoms with Crippen LogP contribution in [-0.4, -0.2) is 50.7 Å². The Labute approximate surface area is 175 Å². The summed E-state index contributed by atoms with van der Waals surface area (Å²) in [4.78, 5) is 15.9. The molecule has 1 N–H and O–H groups in total. The highest BCUT2D eigenvalue weighted by molar-refractivity contribution is 6.28. The lowest BCUT2D eigenvalue weighted by atomic mass is 10.2. The number of morpholine rings is 1. The van der Waals surface area contributed by atoms with Crippen LogP contribution in [0.25, 0.3) is 11.2 Å². The minimum absolute atomic E-state index is 0.240. The smallest absolute Gasteiger partial charge is 0.226 e. The molecule has 2 aliphatic rings. The van der Waals surface area contributed by atoms with Crippen LogP contribution in [0.15, 0.2) is 30.6 Å². The van der Waals surface area contributed by atoms with Gasteiger partial charge in [-0.05, 0) is 42.1 Å². The molecule has 3 heterocycles. The van der Waals surface area contributed by atoms with Gasteiger partial charge in [0.05, 0.1) is 19.5 Å². The van der Waals surface area contributed by atoms with E-state index in [0.29, 0.717) is 11.9 Å². The number of nitrogens with one attached hydrogen (secondary N) is 1. The number of hydrogen-bond donors (Lipinski definition) is 1. The molecule has 0 unspecified atom stereocenters. The Balaban J connectivity index is 1.35. The summed E-state index contributed by atoms with van der Waals surface area (Å²) in [6.45, 7) is 4.55. The van der Waals surface area contributed by atoms with Crippen LogP contribution in [0.1, 0.15) is 37.3 Å². The van der Waals surface area contributed by atoms with Crippen molar-refractivity contribution in [2.75, 3.05) is 31.6 Å². The van der Waals surface area contributed by atoms with Crippen LogP contribution < -0.4 is 5.32 Å². The van der Waals surface area contributed by atoms with Crippen LogP contribution in [0.3, 0.4) is 0 Å². The lowest BCUT2D eigenvalue weighted by Crippen LogP contribution is -2.35. The highest BCUT2D eigenvalue weighted by Crippen LogP contribution is 2.33. The standard InChI is InChI=1S/C21H25ClN6O/c22-21-25-19(18-20(26-21)28(14-23-18)17-3-1-2-4-17)24-16-7-5-15(6-8-16)13-27-9-11-29-12-10-27/h5-8,14,17H,1-4,9-13H2,(H,24,25,26). The van der Waals surface area contributed by atoms with E-state index in [1.165, 1.54) is 31.2 Å². The summed E-state index contributed by atoms with van der Waals surface area (Å²) < 4.78 is 7.58. The maximum atomic E-state index is 6.24. The molecular weight excluding hydrogens is 388 g/mol. The predicted molar refractivity (Wildman–Crippen MR) is 114 cm³/mol. The highest BCUT2D eigenvalue weighted by atomic mass is 35.5. The normalized spacial score (nSPS) is 18.5. The molecule has 29 heavy (non-hydrogen) atoms. The van der Waals surface area contributed by atoms with Gasteiger partial charge in [-0.3, -0.25) is 4.90 Å². The molecule has 2 aromatic heterocycles. The van der Waals surface area contributed by atoms with Gasteiger partial charge in [-0.25, -0.2) is 4.98 Å². The van der Waals surface area contributed by atoms with Crippen LogP contribution in [-0.2, 0) is 11.3 Å². The first kappa shape index (κ1) is 18.8. The van der Waals surface area contributed by atoms with Gasteiger partial charge in [0.2, 0.25) is 5.28 Å². The fourth-order valence-corrected chi connectivity index (χ4v) is 4.44. The summed E-state index contributed by atoms with van der Waals surface area (Å²) in [7, 11) is 0. The van der Waals surface area contributed by atoms with Gasteiger partial charge in [0.25, 0.3) is 0 Å². The van der Waals surface area contributed by atoms with Crippen LogP contribution in [0.5, 0.6) is 0 Å². The first-order valence-electron chi connectivity index (χ1n) is 10.3. The first-order chi connectivity index (χ1) is 14.3. The predicted octanol–water partition coefficient (Wildman–Crippen LogP) is 4.17. The Bertz CT molecular complexity index is 977. The van der Waals surface area contributed by atoms with E-state index in [-0.39, 0.29) is 5.28 Å². The molecule has 8 heteroatoms. The zero-order chi connectivity index (χ0) is 19.6. The van der Waals surface area contributed by atoms with Crippen molar-refractivity contribution >= 4 is 34.3 Å². The van der Waals surface area contributed by atoms with Crippen molar-refractivity contribution in [2.45, 2.75) is 38.3 Å². The number of benzene rings is 1. The van der Waals surface area contributed by atoms with Gasteiger partial charge in [0.1, 0.15) is 0 Å². The third kappa shape index (κ3) is 4.08. The van der Waals surface area contributed by atoms with Crippen LogP contribution in [0.2, 0.25) is 5.28 Å². The molecule has 1 saturated heterocycles. The van der Waals surface area contributed by atoms with E-state index in [9.17, 15) is 0 Å². The number of ether oxygens (including phenoxy) is 1. The van der Waals surface area contributed by atoms with E-state index in [1.807, 2.05) is 6.33 Å². The van der Waals surface area contributed by atoms with E-state index in [2.05, 4.69) is 54.0 Å². The molecule has 5 rings (SSSR count). The largest absolute Gasteiger partial charge is 0.379 e. The Morgan fingerprint density at radius 3 is 2.59 bits per heavy atom. The van der Waals surface area contributed by atoms with E-state index in [0.717, 1.165) is 49.7 Å². The molecule has 1 aromatic carbocycles. The lowest BCUT2D eigenvalue weighted by Gasteiger charge is -2.26. The molecule has 1 aliphatic heterocycles. The lowest BCUT2D eigenvalue weighted by molar-refractivity contribution is 0.0342. The monoisotopic (exact) mass is 412 g/mol. The molecule has 152 valence electrons. The highest BCUT2D eigenvalue weighted by Gasteiger charge is 2.21. The molecule has 2 fully saturated rings. The van der Waals surface area contributed by atoms with Gasteiger partial charge >= 0.3 is 0 Å². The van der Waals surface area contributed by atoms with Crippen molar-refractivity contribution in [2.24, 2.45) is 0 Å². The number of anilines is 2. The zero-order valence-corrected chi connectivity index (χ0v) is 17.1. The van der Waals surface area contributed by atoms with E-state index in [4.69, 9.17) is 16.3 Å². The topological polar surface area (TPSA) is 68.1 Å². The Morgan fingerprint density at radius 2 is 1.83 bits per heavy atom. The number of imidazole rings is 1. The van der Waals surface area contributed by atoms with E-state index < -0.39 is 0 Å². The zero-order valence-electron chi connectivity index (χ0n) is 16.4. The minimum atomic E-state index is 0.240. The molecule has 7 nitrogen and oxygen atoms in total. The molecule has 0 radical (unpaired) electrons. The second kappa shape index (κ2) is 8.26. The summed E-state index contributed by atoms with van der Waals surface area (Å²) in [5.74, 6) is 0.651. The SMILES string of the molecule is Clc1nc(Nc2ccc(CN3CCOCC3)cc2)c2ncn(C3CCCC3)c2n1. The Morgan fingerprint density at radius 1 is 1.07 bits per heavy atom. The average Bonchev–Trinajstić information content (AvgIpc) is 3.40. The summed E-state index contributed by atoms with van der Waals surface area (Å²) in [6.07, 6.45) is 6.72. The molecule has 0 atom stereocenters. The van der Waals surface area contributed by atoms with Crippen molar-refractivity contribution in [3.05, 3.63) is 41.4 Å². The number of nitrogens with zero attached hydrogens (tertiary/aromatic N) is 5. The number of halogens is 1. The van der Waals surface area contributed by atoms with Crippen LogP contribution in [0, 0.1) is 0 Å². The maximum absolute atomic E-state index is 6.24. The average molecular weight is 413 g/mol. The number of fused-ring (bicyclic) bond motifs is 1. The molecule has 0 bridgehead atoms.